The van der Waals surface area contributed by atoms with Gasteiger partial charge in [0.15, 0.2) is 0 Å². The summed E-state index contributed by atoms with van der Waals surface area (Å²) in [5, 5.41) is 5.26. The molecule has 45 heavy (non-hydrogen) atoms. The van der Waals surface area contributed by atoms with Crippen molar-refractivity contribution in [3.63, 3.8) is 0 Å². The van der Waals surface area contributed by atoms with Gasteiger partial charge >= 0.3 is 11.9 Å². The lowest BCUT2D eigenvalue weighted by Gasteiger charge is -2.49. The molecule has 4 atom stereocenters. The zero-order valence-corrected chi connectivity index (χ0v) is 28.9. The molecule has 1 saturated heterocycles. The average Bonchev–Trinajstić information content (AvgIpc) is 3.47. The number of benzene rings is 4. The number of carbonyl (C=O) groups is 2. The lowest BCUT2D eigenvalue weighted by Crippen LogP contribution is -2.68. The lowest BCUT2D eigenvalue weighted by molar-refractivity contribution is -0.161. The predicted molar refractivity (Wildman–Crippen MR) is 183 cm³/mol. The highest BCUT2D eigenvalue weighted by Crippen LogP contribution is 2.57. The summed E-state index contributed by atoms with van der Waals surface area (Å²) < 4.78 is 19.6. The highest BCUT2D eigenvalue weighted by atomic mass is 79.9. The first-order valence-corrected chi connectivity index (χ1v) is 17.8. The van der Waals surface area contributed by atoms with E-state index in [0.717, 1.165) is 26.0 Å². The smallest absolute Gasteiger partial charge is 0.322 e. The summed E-state index contributed by atoms with van der Waals surface area (Å²) in [6, 6.07) is 36.9. The quantitative estimate of drug-likeness (QED) is 0.160. The Morgan fingerprint density at radius 3 is 1.87 bits per heavy atom. The second kappa shape index (κ2) is 13.4. The van der Waals surface area contributed by atoms with Crippen molar-refractivity contribution in [3.8, 4) is 0 Å². The van der Waals surface area contributed by atoms with Crippen molar-refractivity contribution in [1.82, 2.24) is 5.32 Å². The van der Waals surface area contributed by atoms with Crippen LogP contribution in [0, 0.1) is 5.41 Å². The Morgan fingerprint density at radius 2 is 1.38 bits per heavy atom. The molecule has 1 N–H and O–H groups in total. The van der Waals surface area contributed by atoms with Gasteiger partial charge < -0.3 is 13.9 Å². The first-order chi connectivity index (χ1) is 21.6. The van der Waals surface area contributed by atoms with Crippen molar-refractivity contribution in [2.75, 3.05) is 14.2 Å². The van der Waals surface area contributed by atoms with Gasteiger partial charge in [-0.3, -0.25) is 14.9 Å². The minimum Gasteiger partial charge on any atom is -0.468 e. The molecule has 0 unspecified atom stereocenters. The molecule has 0 saturated carbocycles. The SMILES string of the molecule is COC(=O)[C@H]1C[C@](C(=O)OC)([C@H](O[Si](c2ccccc2)(c2ccccc2)C(C)(C)C)c2cccc(Br)c2)[C@@H](c2ccccc2)N1. The van der Waals surface area contributed by atoms with E-state index in [9.17, 15) is 9.59 Å². The van der Waals surface area contributed by atoms with Gasteiger partial charge in [0.1, 0.15) is 11.5 Å². The molecule has 234 valence electrons. The summed E-state index contributed by atoms with van der Waals surface area (Å²) in [5.74, 6) is -0.904. The van der Waals surface area contributed by atoms with Crippen LogP contribution < -0.4 is 15.7 Å². The lowest BCUT2D eigenvalue weighted by atomic mass is 9.70. The Balaban J connectivity index is 1.87. The Morgan fingerprint density at radius 1 is 0.822 bits per heavy atom. The molecule has 1 fully saturated rings. The zero-order valence-electron chi connectivity index (χ0n) is 26.3. The van der Waals surface area contributed by atoms with Gasteiger partial charge in [-0.15, -0.1) is 0 Å². The normalized spacial score (nSPS) is 20.8. The third-order valence-corrected chi connectivity index (χ3v) is 14.4. The van der Waals surface area contributed by atoms with E-state index in [1.807, 2.05) is 91.0 Å². The highest BCUT2D eigenvalue weighted by molar-refractivity contribution is 9.10. The summed E-state index contributed by atoms with van der Waals surface area (Å²) >= 11 is 3.68. The van der Waals surface area contributed by atoms with E-state index in [1.54, 1.807) is 0 Å². The van der Waals surface area contributed by atoms with Gasteiger partial charge in [0.2, 0.25) is 0 Å². The fraction of sp³-hybridized carbons (Fsp3) is 0.297. The molecule has 1 heterocycles. The topological polar surface area (TPSA) is 73.9 Å². The van der Waals surface area contributed by atoms with Crippen LogP contribution in [0.25, 0.3) is 0 Å². The number of esters is 2. The van der Waals surface area contributed by atoms with Crippen LogP contribution in [0.4, 0.5) is 0 Å². The maximum Gasteiger partial charge on any atom is 0.322 e. The van der Waals surface area contributed by atoms with Crippen LogP contribution in [0.15, 0.2) is 120 Å². The van der Waals surface area contributed by atoms with E-state index < -0.39 is 43.9 Å². The summed E-state index contributed by atoms with van der Waals surface area (Å²) in [6.07, 6.45) is -0.720. The van der Waals surface area contributed by atoms with Gasteiger partial charge in [0.25, 0.3) is 8.32 Å². The molecule has 4 aromatic rings. The van der Waals surface area contributed by atoms with Crippen molar-refractivity contribution in [1.29, 1.82) is 0 Å². The van der Waals surface area contributed by atoms with E-state index in [0.29, 0.717) is 0 Å². The summed E-state index contributed by atoms with van der Waals surface area (Å²) in [4.78, 5) is 27.8. The Kier molecular flexibility index (Phi) is 9.79. The van der Waals surface area contributed by atoms with Crippen LogP contribution >= 0.6 is 15.9 Å². The number of hydrogen-bond donors (Lipinski definition) is 1. The van der Waals surface area contributed by atoms with Crippen molar-refractivity contribution in [2.24, 2.45) is 5.41 Å². The monoisotopic (exact) mass is 685 g/mol. The van der Waals surface area contributed by atoms with E-state index in [-0.39, 0.29) is 11.5 Å². The third-order valence-electron chi connectivity index (χ3n) is 8.94. The van der Waals surface area contributed by atoms with Crippen molar-refractivity contribution >= 4 is 46.6 Å². The first kappa shape index (κ1) is 32.8. The number of methoxy groups -OCH3 is 2. The largest absolute Gasteiger partial charge is 0.468 e. The maximum atomic E-state index is 14.6. The minimum atomic E-state index is -3.24. The minimum absolute atomic E-state index is 0.112. The van der Waals surface area contributed by atoms with Gasteiger partial charge in [0.05, 0.1) is 26.4 Å². The maximum absolute atomic E-state index is 14.6. The Labute approximate surface area is 275 Å². The molecule has 8 heteroatoms. The highest BCUT2D eigenvalue weighted by Gasteiger charge is 2.64. The van der Waals surface area contributed by atoms with Crippen LogP contribution in [0.2, 0.25) is 5.04 Å². The number of rotatable bonds is 9. The molecule has 0 aliphatic carbocycles. The first-order valence-electron chi connectivity index (χ1n) is 15.1. The number of carbonyl (C=O) groups excluding carboxylic acids is 2. The predicted octanol–water partition coefficient (Wildman–Crippen LogP) is 6.50. The van der Waals surface area contributed by atoms with Gasteiger partial charge in [-0.25, -0.2) is 0 Å². The van der Waals surface area contributed by atoms with E-state index in [1.165, 1.54) is 14.2 Å². The molecule has 4 aromatic carbocycles. The number of halogens is 1. The summed E-state index contributed by atoms with van der Waals surface area (Å²) in [5.41, 5.74) is 0.291. The van der Waals surface area contributed by atoms with Crippen LogP contribution in [-0.4, -0.2) is 40.5 Å². The molecule has 0 amide bonds. The van der Waals surface area contributed by atoms with E-state index in [4.69, 9.17) is 13.9 Å². The van der Waals surface area contributed by atoms with Crippen LogP contribution in [0.1, 0.15) is 50.5 Å². The molecule has 6 nitrogen and oxygen atoms in total. The fourth-order valence-electron chi connectivity index (χ4n) is 6.96. The molecular formula is C37H40BrNO5Si. The second-order valence-electron chi connectivity index (χ2n) is 12.5. The summed E-state index contributed by atoms with van der Waals surface area (Å²) in [6.45, 7) is 6.63. The number of nitrogens with one attached hydrogen (secondary N) is 1. The standard InChI is InChI=1S/C37H40BrNO5Si/c1-36(2,3)45(29-20-11-7-12-21-29,30-22-13-8-14-23-30)44-33(27-18-15-19-28(38)24-27)37(35(41)43-5)25-31(34(40)42-4)39-32(37)26-16-9-6-10-17-26/h6-24,31-33,39H,25H2,1-5H3/t31-,32-,33-,37-/m1/s1. The van der Waals surface area contributed by atoms with Crippen molar-refractivity contribution in [2.45, 2.75) is 50.4 Å². The molecule has 1 aliphatic rings. The van der Waals surface area contributed by atoms with Crippen LogP contribution in [0.5, 0.6) is 0 Å². The van der Waals surface area contributed by atoms with Crippen LogP contribution in [-0.2, 0) is 23.5 Å². The van der Waals surface area contributed by atoms with Crippen molar-refractivity contribution < 1.29 is 23.5 Å². The molecular weight excluding hydrogens is 646 g/mol. The second-order valence-corrected chi connectivity index (χ2v) is 17.7. The summed E-state index contributed by atoms with van der Waals surface area (Å²) in [7, 11) is -0.474. The molecule has 0 bridgehead atoms. The van der Waals surface area contributed by atoms with Gasteiger partial charge in [-0.1, -0.05) is 140 Å². The Bertz CT molecular complexity index is 1570. The van der Waals surface area contributed by atoms with Gasteiger partial charge in [0, 0.05) is 4.47 Å². The zero-order chi connectivity index (χ0) is 32.2. The molecule has 1 aliphatic heterocycles. The van der Waals surface area contributed by atoms with E-state index in [2.05, 4.69) is 66.3 Å². The molecule has 5 rings (SSSR count). The van der Waals surface area contributed by atoms with Crippen LogP contribution in [0.3, 0.4) is 0 Å². The fourth-order valence-corrected chi connectivity index (χ4v) is 12.1. The molecule has 0 aromatic heterocycles. The third kappa shape index (κ3) is 6.04. The van der Waals surface area contributed by atoms with E-state index >= 15 is 0 Å². The number of ether oxygens (including phenoxy) is 2. The van der Waals surface area contributed by atoms with Gasteiger partial charge in [-0.05, 0) is 45.1 Å². The number of hydrogen-bond acceptors (Lipinski definition) is 6. The molecule has 0 radical (unpaired) electrons. The molecule has 0 spiro atoms. The van der Waals surface area contributed by atoms with Gasteiger partial charge in [-0.2, -0.15) is 0 Å². The van der Waals surface area contributed by atoms with Crippen molar-refractivity contribution in [3.05, 3.63) is 131 Å². The average molecular weight is 687 g/mol. The Hall–Kier alpha value is -3.56.